The number of ether oxygens (including phenoxy) is 1. The summed E-state index contributed by atoms with van der Waals surface area (Å²) in [6, 6.07) is 0. The molecule has 0 aromatic carbocycles. The van der Waals surface area contributed by atoms with E-state index in [4.69, 9.17) is 9.84 Å². The lowest BCUT2D eigenvalue weighted by Crippen LogP contribution is -2.47. The Labute approximate surface area is 112 Å². The Morgan fingerprint density at radius 3 is 2.53 bits per heavy atom. The lowest BCUT2D eigenvalue weighted by molar-refractivity contribution is -0.148. The quantitative estimate of drug-likeness (QED) is 0.832. The van der Waals surface area contributed by atoms with E-state index in [0.717, 1.165) is 0 Å². The maximum absolute atomic E-state index is 12.5. The van der Waals surface area contributed by atoms with Crippen molar-refractivity contribution in [3.8, 4) is 0 Å². The van der Waals surface area contributed by atoms with Crippen molar-refractivity contribution in [2.24, 2.45) is 17.8 Å². The molecule has 3 rings (SSSR count). The first-order valence-corrected chi connectivity index (χ1v) is 7.29. The van der Waals surface area contributed by atoms with Gasteiger partial charge in [0.1, 0.15) is 0 Å². The minimum Gasteiger partial charge on any atom is -0.481 e. The Morgan fingerprint density at radius 1 is 1.21 bits per heavy atom. The fourth-order valence-electron chi connectivity index (χ4n) is 3.81. The van der Waals surface area contributed by atoms with Crippen LogP contribution in [0.1, 0.15) is 32.1 Å². The molecule has 19 heavy (non-hydrogen) atoms. The summed E-state index contributed by atoms with van der Waals surface area (Å²) in [5.74, 6) is 0.838. The SMILES string of the molecule is O=C(O)C[C@@H]1CN(C(=O)C2[C@H]3CCCC[C@@H]23)CCO1. The van der Waals surface area contributed by atoms with E-state index in [2.05, 4.69) is 0 Å². The summed E-state index contributed by atoms with van der Waals surface area (Å²) in [5, 5.41) is 8.80. The maximum atomic E-state index is 12.5. The largest absolute Gasteiger partial charge is 0.481 e. The molecular weight excluding hydrogens is 246 g/mol. The second-order valence-corrected chi connectivity index (χ2v) is 6.01. The third kappa shape index (κ3) is 2.61. The number of carboxylic acid groups (broad SMARTS) is 1. The van der Waals surface area contributed by atoms with Crippen LogP contribution in [0, 0.1) is 17.8 Å². The Kier molecular flexibility index (Phi) is 3.48. The van der Waals surface area contributed by atoms with E-state index in [1.165, 1.54) is 25.7 Å². The van der Waals surface area contributed by atoms with E-state index in [1.807, 2.05) is 4.90 Å². The van der Waals surface area contributed by atoms with Crippen LogP contribution >= 0.6 is 0 Å². The number of carbonyl (C=O) groups is 2. The molecule has 0 aromatic rings. The highest BCUT2D eigenvalue weighted by molar-refractivity contribution is 5.82. The van der Waals surface area contributed by atoms with Gasteiger partial charge in [0.25, 0.3) is 0 Å². The number of amides is 1. The molecule has 1 saturated heterocycles. The van der Waals surface area contributed by atoms with Gasteiger partial charge in [0.15, 0.2) is 0 Å². The van der Waals surface area contributed by atoms with Gasteiger partial charge in [0.2, 0.25) is 5.91 Å². The van der Waals surface area contributed by atoms with Crippen LogP contribution < -0.4 is 0 Å². The fraction of sp³-hybridized carbons (Fsp3) is 0.857. The van der Waals surface area contributed by atoms with Crippen molar-refractivity contribution in [3.05, 3.63) is 0 Å². The third-order valence-corrected chi connectivity index (χ3v) is 4.79. The van der Waals surface area contributed by atoms with E-state index in [9.17, 15) is 9.59 Å². The molecule has 0 aromatic heterocycles. The predicted octanol–water partition coefficient (Wildman–Crippen LogP) is 1.12. The topological polar surface area (TPSA) is 66.8 Å². The van der Waals surface area contributed by atoms with Gasteiger partial charge in [0.05, 0.1) is 19.1 Å². The number of nitrogens with zero attached hydrogens (tertiary/aromatic N) is 1. The zero-order chi connectivity index (χ0) is 13.4. The van der Waals surface area contributed by atoms with Crippen LogP contribution in [0.15, 0.2) is 0 Å². The molecule has 1 amide bonds. The van der Waals surface area contributed by atoms with Crippen LogP contribution in [0.2, 0.25) is 0 Å². The molecule has 5 nitrogen and oxygen atoms in total. The molecule has 4 atom stereocenters. The summed E-state index contributed by atoms with van der Waals surface area (Å²) >= 11 is 0. The van der Waals surface area contributed by atoms with Gasteiger partial charge in [-0.25, -0.2) is 0 Å². The normalized spacial score (nSPS) is 37.6. The fourth-order valence-corrected chi connectivity index (χ4v) is 3.81. The highest BCUT2D eigenvalue weighted by Gasteiger charge is 2.56. The van der Waals surface area contributed by atoms with Gasteiger partial charge in [-0.3, -0.25) is 9.59 Å². The lowest BCUT2D eigenvalue weighted by atomic mass is 10.0. The molecule has 5 heteroatoms. The van der Waals surface area contributed by atoms with Gasteiger partial charge in [-0.1, -0.05) is 12.8 Å². The molecule has 106 valence electrons. The zero-order valence-corrected chi connectivity index (χ0v) is 11.1. The molecule has 1 heterocycles. The molecule has 2 aliphatic carbocycles. The Hall–Kier alpha value is -1.10. The van der Waals surface area contributed by atoms with Gasteiger partial charge in [-0.2, -0.15) is 0 Å². The molecular formula is C14H21NO4. The minimum atomic E-state index is -0.862. The van der Waals surface area contributed by atoms with E-state index >= 15 is 0 Å². The number of carboxylic acids is 1. The van der Waals surface area contributed by atoms with Crippen LogP contribution in [0.4, 0.5) is 0 Å². The maximum Gasteiger partial charge on any atom is 0.306 e. The predicted molar refractivity (Wildman–Crippen MR) is 67.5 cm³/mol. The van der Waals surface area contributed by atoms with Gasteiger partial charge in [-0.15, -0.1) is 0 Å². The Balaban J connectivity index is 1.56. The van der Waals surface area contributed by atoms with Crippen LogP contribution in [-0.4, -0.2) is 47.7 Å². The average Bonchev–Trinajstić information content (AvgIpc) is 3.11. The average molecular weight is 267 g/mol. The zero-order valence-electron chi connectivity index (χ0n) is 11.1. The number of morpholine rings is 1. The molecule has 0 spiro atoms. The van der Waals surface area contributed by atoms with Gasteiger partial charge in [-0.05, 0) is 24.7 Å². The molecule has 0 bridgehead atoms. The van der Waals surface area contributed by atoms with Gasteiger partial charge in [0, 0.05) is 19.0 Å². The summed E-state index contributed by atoms with van der Waals surface area (Å²) in [7, 11) is 0. The molecule has 0 radical (unpaired) electrons. The molecule has 2 saturated carbocycles. The van der Waals surface area contributed by atoms with E-state index in [1.54, 1.807) is 0 Å². The van der Waals surface area contributed by atoms with Crippen molar-refractivity contribution in [2.75, 3.05) is 19.7 Å². The summed E-state index contributed by atoms with van der Waals surface area (Å²) < 4.78 is 5.41. The number of aliphatic carboxylic acids is 1. The molecule has 3 fully saturated rings. The van der Waals surface area contributed by atoms with Gasteiger partial charge < -0.3 is 14.7 Å². The van der Waals surface area contributed by atoms with Crippen LogP contribution in [0.5, 0.6) is 0 Å². The van der Waals surface area contributed by atoms with Crippen molar-refractivity contribution in [3.63, 3.8) is 0 Å². The molecule has 3 aliphatic rings. The number of carbonyl (C=O) groups excluding carboxylic acids is 1. The second-order valence-electron chi connectivity index (χ2n) is 6.01. The summed E-state index contributed by atoms with van der Waals surface area (Å²) in [6.45, 7) is 1.53. The first-order valence-electron chi connectivity index (χ1n) is 7.29. The molecule has 1 N–H and O–H groups in total. The van der Waals surface area contributed by atoms with Crippen LogP contribution in [-0.2, 0) is 14.3 Å². The lowest BCUT2D eigenvalue weighted by Gasteiger charge is -2.32. The van der Waals surface area contributed by atoms with Crippen LogP contribution in [0.25, 0.3) is 0 Å². The monoisotopic (exact) mass is 267 g/mol. The molecule has 1 unspecified atom stereocenters. The minimum absolute atomic E-state index is 0.0126. The number of hydrogen-bond donors (Lipinski definition) is 1. The Morgan fingerprint density at radius 2 is 1.89 bits per heavy atom. The number of fused-ring (bicyclic) bond motifs is 1. The van der Waals surface area contributed by atoms with Crippen molar-refractivity contribution in [1.29, 1.82) is 0 Å². The molecule has 1 aliphatic heterocycles. The first-order chi connectivity index (χ1) is 9.16. The highest BCUT2D eigenvalue weighted by Crippen LogP contribution is 2.56. The van der Waals surface area contributed by atoms with Gasteiger partial charge >= 0.3 is 5.97 Å². The number of rotatable bonds is 3. The summed E-state index contributed by atoms with van der Waals surface area (Å²) in [4.78, 5) is 25.0. The second kappa shape index (κ2) is 5.12. The van der Waals surface area contributed by atoms with E-state index in [0.29, 0.717) is 31.5 Å². The van der Waals surface area contributed by atoms with Crippen LogP contribution in [0.3, 0.4) is 0 Å². The smallest absolute Gasteiger partial charge is 0.306 e. The van der Waals surface area contributed by atoms with Crippen molar-refractivity contribution >= 4 is 11.9 Å². The highest BCUT2D eigenvalue weighted by atomic mass is 16.5. The van der Waals surface area contributed by atoms with E-state index in [-0.39, 0.29) is 24.3 Å². The van der Waals surface area contributed by atoms with Crippen molar-refractivity contribution in [2.45, 2.75) is 38.2 Å². The van der Waals surface area contributed by atoms with Crippen molar-refractivity contribution in [1.82, 2.24) is 4.90 Å². The Bertz CT molecular complexity index is 372. The first kappa shape index (κ1) is 12.9. The number of hydrogen-bond acceptors (Lipinski definition) is 3. The summed E-state index contributed by atoms with van der Waals surface area (Å²) in [6.07, 6.45) is 4.57. The summed E-state index contributed by atoms with van der Waals surface area (Å²) in [5.41, 5.74) is 0. The van der Waals surface area contributed by atoms with E-state index < -0.39 is 5.97 Å². The third-order valence-electron chi connectivity index (χ3n) is 4.79. The van der Waals surface area contributed by atoms with Crippen molar-refractivity contribution < 1.29 is 19.4 Å². The standard InChI is InChI=1S/C14H21NO4/c16-12(17)7-9-8-15(5-6-19-9)14(18)13-10-3-1-2-4-11(10)13/h9-11,13H,1-8H2,(H,16,17)/t9-,10-,11+,13?/m1/s1.